The van der Waals surface area contributed by atoms with E-state index >= 15 is 0 Å². The monoisotopic (exact) mass is 227 g/mol. The predicted octanol–water partition coefficient (Wildman–Crippen LogP) is 0.298. The molecule has 0 saturated carbocycles. The fourth-order valence-electron chi connectivity index (χ4n) is 1.97. The Hall–Kier alpha value is -0.490. The van der Waals surface area contributed by atoms with Crippen LogP contribution >= 0.6 is 11.3 Å². The van der Waals surface area contributed by atoms with Gasteiger partial charge in [-0.1, -0.05) is 0 Å². The third-order valence-corrected chi connectivity index (χ3v) is 3.28. The van der Waals surface area contributed by atoms with E-state index in [1.54, 1.807) is 11.3 Å². The van der Waals surface area contributed by atoms with E-state index in [1.807, 2.05) is 5.51 Å². The van der Waals surface area contributed by atoms with Crippen molar-refractivity contribution in [2.45, 2.75) is 25.1 Å². The summed E-state index contributed by atoms with van der Waals surface area (Å²) in [4.78, 5) is 6.49. The van der Waals surface area contributed by atoms with E-state index < -0.39 is 0 Å². The molecular weight excluding hydrogens is 210 g/mol. The number of aromatic nitrogens is 1. The summed E-state index contributed by atoms with van der Waals surface area (Å²) >= 11 is 1.63. The predicted molar refractivity (Wildman–Crippen MR) is 60.9 cm³/mol. The Morgan fingerprint density at radius 1 is 1.73 bits per heavy atom. The molecule has 2 atom stereocenters. The van der Waals surface area contributed by atoms with Crippen LogP contribution in [-0.2, 0) is 6.54 Å². The van der Waals surface area contributed by atoms with Crippen LogP contribution in [0, 0.1) is 0 Å². The summed E-state index contributed by atoms with van der Waals surface area (Å²) in [6.45, 7) is 2.58. The number of β-amino-alcohol motifs (C(OH)–C–C–N with tert-alkyl or cyclic N) is 1. The molecule has 1 fully saturated rings. The molecule has 4 nitrogen and oxygen atoms in total. The van der Waals surface area contributed by atoms with Crippen LogP contribution in [0.15, 0.2) is 10.9 Å². The Bertz CT molecular complexity index is 291. The minimum Gasteiger partial charge on any atom is -0.392 e. The van der Waals surface area contributed by atoms with Gasteiger partial charge in [0.1, 0.15) is 0 Å². The number of aliphatic hydroxyl groups is 1. The fourth-order valence-corrected chi connectivity index (χ4v) is 2.52. The molecule has 0 aromatic carbocycles. The van der Waals surface area contributed by atoms with E-state index in [-0.39, 0.29) is 6.10 Å². The van der Waals surface area contributed by atoms with E-state index in [9.17, 15) is 5.11 Å². The van der Waals surface area contributed by atoms with Crippen molar-refractivity contribution in [1.82, 2.24) is 15.2 Å². The minimum absolute atomic E-state index is 0.164. The van der Waals surface area contributed by atoms with Crippen LogP contribution in [0.5, 0.6) is 0 Å². The Balaban J connectivity index is 1.75. The Morgan fingerprint density at radius 3 is 3.20 bits per heavy atom. The Morgan fingerprint density at radius 2 is 2.60 bits per heavy atom. The molecule has 1 saturated heterocycles. The highest BCUT2D eigenvalue weighted by molar-refractivity contribution is 7.07. The number of aliphatic hydroxyl groups excluding tert-OH is 1. The summed E-state index contributed by atoms with van der Waals surface area (Å²) in [5.74, 6) is 0. The van der Waals surface area contributed by atoms with Gasteiger partial charge in [0, 0.05) is 31.1 Å². The van der Waals surface area contributed by atoms with Crippen LogP contribution in [0.2, 0.25) is 0 Å². The van der Waals surface area contributed by atoms with Gasteiger partial charge in [-0.25, -0.2) is 4.98 Å². The number of likely N-dealkylation sites (N-methyl/N-ethyl adjacent to an activating group) is 1. The van der Waals surface area contributed by atoms with Crippen molar-refractivity contribution in [2.75, 3.05) is 20.1 Å². The number of thiazole rings is 1. The molecule has 2 unspecified atom stereocenters. The topological polar surface area (TPSA) is 48.4 Å². The zero-order chi connectivity index (χ0) is 10.7. The maximum Gasteiger partial charge on any atom is 0.0795 e. The Labute approximate surface area is 93.9 Å². The fraction of sp³-hybridized carbons (Fsp3) is 0.700. The van der Waals surface area contributed by atoms with Gasteiger partial charge in [0.15, 0.2) is 0 Å². The molecule has 0 spiro atoms. The minimum atomic E-state index is -0.164. The number of hydrogen-bond donors (Lipinski definition) is 2. The van der Waals surface area contributed by atoms with E-state index in [4.69, 9.17) is 0 Å². The van der Waals surface area contributed by atoms with Crippen LogP contribution in [-0.4, -0.2) is 47.3 Å². The van der Waals surface area contributed by atoms with Gasteiger partial charge in [-0.3, -0.25) is 4.90 Å². The first-order valence-electron chi connectivity index (χ1n) is 5.21. The highest BCUT2D eigenvalue weighted by Gasteiger charge is 2.22. The van der Waals surface area contributed by atoms with Gasteiger partial charge in [0.2, 0.25) is 0 Å². The van der Waals surface area contributed by atoms with Crippen LogP contribution in [0.4, 0.5) is 0 Å². The SMILES string of the molecule is CN(Cc1cscn1)CC1CC(O)CN1. The third-order valence-electron chi connectivity index (χ3n) is 2.65. The molecule has 2 N–H and O–H groups in total. The second-order valence-corrected chi connectivity index (χ2v) is 4.89. The number of rotatable bonds is 4. The number of nitrogens with one attached hydrogen (secondary N) is 1. The number of hydrogen-bond acceptors (Lipinski definition) is 5. The molecule has 5 heteroatoms. The highest BCUT2D eigenvalue weighted by atomic mass is 32.1. The van der Waals surface area contributed by atoms with Crippen molar-refractivity contribution >= 4 is 11.3 Å². The lowest BCUT2D eigenvalue weighted by atomic mass is 10.2. The lowest BCUT2D eigenvalue weighted by Crippen LogP contribution is -2.34. The van der Waals surface area contributed by atoms with Crippen molar-refractivity contribution < 1.29 is 5.11 Å². The molecule has 0 aliphatic carbocycles. The van der Waals surface area contributed by atoms with Gasteiger partial charge in [-0.2, -0.15) is 0 Å². The van der Waals surface area contributed by atoms with Gasteiger partial charge in [0.05, 0.1) is 17.3 Å². The van der Waals surface area contributed by atoms with E-state index in [0.29, 0.717) is 6.04 Å². The standard InChI is InChI=1S/C10H17N3OS/c1-13(5-9-6-15-7-12-9)4-8-2-10(14)3-11-8/h6-8,10-11,14H,2-5H2,1H3. The van der Waals surface area contributed by atoms with Crippen molar-refractivity contribution in [3.63, 3.8) is 0 Å². The summed E-state index contributed by atoms with van der Waals surface area (Å²) in [5, 5.41) is 14.8. The molecule has 2 rings (SSSR count). The normalized spacial score (nSPS) is 26.3. The summed E-state index contributed by atoms with van der Waals surface area (Å²) in [7, 11) is 2.09. The first kappa shape index (κ1) is 11.0. The molecular formula is C10H17N3OS. The molecule has 0 amide bonds. The van der Waals surface area contributed by atoms with Crippen molar-refractivity contribution in [1.29, 1.82) is 0 Å². The molecule has 1 aromatic heterocycles. The second-order valence-electron chi connectivity index (χ2n) is 4.17. The van der Waals surface area contributed by atoms with E-state index in [2.05, 4.69) is 27.6 Å². The molecule has 0 bridgehead atoms. The summed E-state index contributed by atoms with van der Waals surface area (Å²) in [6, 6.07) is 0.420. The smallest absolute Gasteiger partial charge is 0.0795 e. The number of nitrogens with zero attached hydrogens (tertiary/aromatic N) is 2. The van der Waals surface area contributed by atoms with Crippen LogP contribution < -0.4 is 5.32 Å². The summed E-state index contributed by atoms with van der Waals surface area (Å²) in [6.07, 6.45) is 0.698. The zero-order valence-electron chi connectivity index (χ0n) is 8.89. The van der Waals surface area contributed by atoms with Crippen LogP contribution in [0.25, 0.3) is 0 Å². The zero-order valence-corrected chi connectivity index (χ0v) is 9.70. The first-order valence-corrected chi connectivity index (χ1v) is 6.15. The molecule has 15 heavy (non-hydrogen) atoms. The molecule has 84 valence electrons. The van der Waals surface area contributed by atoms with Crippen molar-refractivity contribution in [2.24, 2.45) is 0 Å². The van der Waals surface area contributed by atoms with Gasteiger partial charge in [0.25, 0.3) is 0 Å². The average Bonchev–Trinajstić information content (AvgIpc) is 2.77. The lowest BCUT2D eigenvalue weighted by Gasteiger charge is -2.19. The van der Waals surface area contributed by atoms with Crippen LogP contribution in [0.1, 0.15) is 12.1 Å². The van der Waals surface area contributed by atoms with E-state index in [0.717, 1.165) is 31.7 Å². The third kappa shape index (κ3) is 3.24. The van der Waals surface area contributed by atoms with E-state index in [1.165, 1.54) is 0 Å². The molecule has 1 aliphatic heterocycles. The lowest BCUT2D eigenvalue weighted by molar-refractivity contribution is 0.189. The molecule has 1 aliphatic rings. The van der Waals surface area contributed by atoms with Gasteiger partial charge in [-0.05, 0) is 13.5 Å². The first-order chi connectivity index (χ1) is 7.24. The highest BCUT2D eigenvalue weighted by Crippen LogP contribution is 2.09. The Kier molecular flexibility index (Phi) is 3.69. The average molecular weight is 227 g/mol. The van der Waals surface area contributed by atoms with Gasteiger partial charge in [-0.15, -0.1) is 11.3 Å². The maximum atomic E-state index is 9.38. The van der Waals surface area contributed by atoms with Crippen molar-refractivity contribution in [3.05, 3.63) is 16.6 Å². The molecule has 0 radical (unpaired) electrons. The van der Waals surface area contributed by atoms with Crippen LogP contribution in [0.3, 0.4) is 0 Å². The largest absolute Gasteiger partial charge is 0.392 e. The second kappa shape index (κ2) is 5.03. The molecule has 2 heterocycles. The summed E-state index contributed by atoms with van der Waals surface area (Å²) < 4.78 is 0. The molecule has 1 aromatic rings. The summed E-state index contributed by atoms with van der Waals surface area (Å²) in [5.41, 5.74) is 2.99. The van der Waals surface area contributed by atoms with Crippen molar-refractivity contribution in [3.8, 4) is 0 Å². The maximum absolute atomic E-state index is 9.38. The van der Waals surface area contributed by atoms with Gasteiger partial charge >= 0.3 is 0 Å². The van der Waals surface area contributed by atoms with Gasteiger partial charge < -0.3 is 10.4 Å². The quantitative estimate of drug-likeness (QED) is 0.776.